The molecule has 0 heterocycles. The molecular weight excluding hydrogens is 346 g/mol. The van der Waals surface area contributed by atoms with Gasteiger partial charge in [-0.3, -0.25) is 9.59 Å². The smallest absolute Gasteiger partial charge is 0.329 e. The molecule has 0 aliphatic carbocycles. The number of carbonyl (C=O) groups excluding carboxylic acids is 2. The first kappa shape index (κ1) is 17.9. The number of ether oxygens (including phenoxy) is 1. The summed E-state index contributed by atoms with van der Waals surface area (Å²) in [6.45, 7) is 0. The lowest BCUT2D eigenvalue weighted by atomic mass is 10.0. The van der Waals surface area contributed by atoms with Gasteiger partial charge < -0.3 is 15.2 Å². The second kappa shape index (κ2) is 8.01. The molecule has 0 fully saturated rings. The van der Waals surface area contributed by atoms with E-state index < -0.39 is 11.8 Å². The Morgan fingerprint density at radius 1 is 1.04 bits per heavy atom. The first-order valence-electron chi connectivity index (χ1n) is 8.07. The largest absolute Gasteiger partial charge is 0.507 e. The number of nitrogens with one attached hydrogen (secondary N) is 2. The van der Waals surface area contributed by atoms with Crippen LogP contribution >= 0.6 is 0 Å². The zero-order chi connectivity index (χ0) is 19.2. The molecular formula is C20H17N3O4. The van der Waals surface area contributed by atoms with Gasteiger partial charge in [0.25, 0.3) is 0 Å². The van der Waals surface area contributed by atoms with Crippen LogP contribution in [0.5, 0.6) is 11.5 Å². The van der Waals surface area contributed by atoms with Gasteiger partial charge in [0.2, 0.25) is 0 Å². The average molecular weight is 363 g/mol. The van der Waals surface area contributed by atoms with Gasteiger partial charge in [-0.25, -0.2) is 5.43 Å². The Hall–Kier alpha value is -3.87. The second-order valence-electron chi connectivity index (χ2n) is 5.60. The minimum atomic E-state index is -0.936. The molecule has 3 rings (SSSR count). The van der Waals surface area contributed by atoms with Crippen molar-refractivity contribution in [3.63, 3.8) is 0 Å². The van der Waals surface area contributed by atoms with Gasteiger partial charge in [-0.15, -0.1) is 0 Å². The molecule has 0 aliphatic heterocycles. The number of hydrazone groups is 1. The van der Waals surface area contributed by atoms with Crippen LogP contribution in [-0.2, 0) is 9.59 Å². The van der Waals surface area contributed by atoms with Crippen LogP contribution in [0.15, 0.2) is 65.8 Å². The summed E-state index contributed by atoms with van der Waals surface area (Å²) in [6, 6.07) is 17.4. The highest BCUT2D eigenvalue weighted by Gasteiger charge is 2.13. The number of aromatic hydroxyl groups is 1. The van der Waals surface area contributed by atoms with Gasteiger partial charge in [-0.1, -0.05) is 36.4 Å². The summed E-state index contributed by atoms with van der Waals surface area (Å²) in [5.74, 6) is -1.23. The standard InChI is InChI=1S/C20H17N3O4/c1-27-15-7-4-6-14(11-15)22-19(25)20(26)23-21-12-17-16-8-3-2-5-13(16)9-10-18(17)24/h2-12,24H,1H3,(H,22,25)(H,23,26)/b21-12-. The van der Waals surface area contributed by atoms with E-state index in [0.717, 1.165) is 10.8 Å². The number of fused-ring (bicyclic) bond motifs is 1. The number of methoxy groups -OCH3 is 1. The van der Waals surface area contributed by atoms with Crippen molar-refractivity contribution in [1.82, 2.24) is 5.43 Å². The molecule has 0 saturated heterocycles. The molecule has 27 heavy (non-hydrogen) atoms. The summed E-state index contributed by atoms with van der Waals surface area (Å²) < 4.78 is 5.06. The van der Waals surface area contributed by atoms with Gasteiger partial charge >= 0.3 is 11.8 Å². The Morgan fingerprint density at radius 3 is 2.67 bits per heavy atom. The molecule has 0 aromatic heterocycles. The minimum absolute atomic E-state index is 0.0209. The molecule has 3 aromatic rings. The SMILES string of the molecule is COc1cccc(NC(=O)C(=O)N/N=C\c2c(O)ccc3ccccc23)c1. The summed E-state index contributed by atoms with van der Waals surface area (Å²) in [5.41, 5.74) is 3.02. The van der Waals surface area contributed by atoms with Crippen LogP contribution in [0.3, 0.4) is 0 Å². The van der Waals surface area contributed by atoms with Crippen molar-refractivity contribution in [2.45, 2.75) is 0 Å². The maximum Gasteiger partial charge on any atom is 0.329 e. The van der Waals surface area contributed by atoms with Crippen LogP contribution in [-0.4, -0.2) is 30.2 Å². The minimum Gasteiger partial charge on any atom is -0.507 e. The van der Waals surface area contributed by atoms with Crippen LogP contribution < -0.4 is 15.5 Å². The first-order valence-corrected chi connectivity index (χ1v) is 8.07. The molecule has 3 aromatic carbocycles. The highest BCUT2D eigenvalue weighted by Crippen LogP contribution is 2.25. The topological polar surface area (TPSA) is 100 Å². The number of nitrogens with zero attached hydrogens (tertiary/aromatic N) is 1. The van der Waals surface area contributed by atoms with Crippen molar-refractivity contribution in [3.05, 3.63) is 66.2 Å². The molecule has 7 nitrogen and oxygen atoms in total. The van der Waals surface area contributed by atoms with E-state index in [1.807, 2.05) is 24.3 Å². The number of phenolic OH excluding ortho intramolecular Hbond substituents is 1. The lowest BCUT2D eigenvalue weighted by Gasteiger charge is -2.06. The molecule has 0 atom stereocenters. The van der Waals surface area contributed by atoms with Gasteiger partial charge in [0.15, 0.2) is 0 Å². The molecule has 0 aliphatic rings. The van der Waals surface area contributed by atoms with E-state index in [0.29, 0.717) is 17.0 Å². The van der Waals surface area contributed by atoms with Crippen LogP contribution in [0.4, 0.5) is 5.69 Å². The van der Waals surface area contributed by atoms with E-state index in [1.54, 1.807) is 36.4 Å². The van der Waals surface area contributed by atoms with E-state index in [9.17, 15) is 14.7 Å². The number of hydrogen-bond donors (Lipinski definition) is 3. The number of anilines is 1. The molecule has 0 saturated carbocycles. The zero-order valence-corrected chi connectivity index (χ0v) is 14.5. The normalized spacial score (nSPS) is 10.7. The predicted octanol–water partition coefficient (Wildman–Crippen LogP) is 2.64. The summed E-state index contributed by atoms with van der Waals surface area (Å²) in [6.07, 6.45) is 1.30. The van der Waals surface area contributed by atoms with E-state index >= 15 is 0 Å². The van der Waals surface area contributed by atoms with Gasteiger partial charge in [0, 0.05) is 17.3 Å². The molecule has 0 spiro atoms. The lowest BCUT2D eigenvalue weighted by molar-refractivity contribution is -0.136. The van der Waals surface area contributed by atoms with Gasteiger partial charge in [-0.2, -0.15) is 5.10 Å². The number of carbonyl (C=O) groups is 2. The number of amides is 2. The fourth-order valence-corrected chi connectivity index (χ4v) is 2.51. The van der Waals surface area contributed by atoms with Crippen molar-refractivity contribution >= 4 is 34.5 Å². The summed E-state index contributed by atoms with van der Waals surface area (Å²) in [7, 11) is 1.51. The number of hydrogen-bond acceptors (Lipinski definition) is 5. The second-order valence-corrected chi connectivity index (χ2v) is 5.60. The zero-order valence-electron chi connectivity index (χ0n) is 14.5. The lowest BCUT2D eigenvalue weighted by Crippen LogP contribution is -2.32. The van der Waals surface area contributed by atoms with Crippen molar-refractivity contribution in [1.29, 1.82) is 0 Å². The third kappa shape index (κ3) is 4.21. The maximum atomic E-state index is 11.9. The Morgan fingerprint density at radius 2 is 1.85 bits per heavy atom. The Kier molecular flexibility index (Phi) is 5.32. The molecule has 3 N–H and O–H groups in total. The molecule has 136 valence electrons. The molecule has 0 unspecified atom stereocenters. The quantitative estimate of drug-likeness (QED) is 0.377. The van der Waals surface area contributed by atoms with Gasteiger partial charge in [-0.05, 0) is 29.0 Å². The maximum absolute atomic E-state index is 11.9. The van der Waals surface area contributed by atoms with Gasteiger partial charge in [0.1, 0.15) is 11.5 Å². The molecule has 0 radical (unpaired) electrons. The summed E-state index contributed by atoms with van der Waals surface area (Å²) in [5, 5.41) is 18.0. The van der Waals surface area contributed by atoms with Crippen LogP contribution in [0.25, 0.3) is 10.8 Å². The predicted molar refractivity (Wildman–Crippen MR) is 103 cm³/mol. The van der Waals surface area contributed by atoms with Crippen molar-refractivity contribution in [3.8, 4) is 11.5 Å². The summed E-state index contributed by atoms with van der Waals surface area (Å²) >= 11 is 0. The van der Waals surface area contributed by atoms with E-state index in [-0.39, 0.29) is 5.75 Å². The van der Waals surface area contributed by atoms with E-state index in [4.69, 9.17) is 4.74 Å². The molecule has 0 bridgehead atoms. The van der Waals surface area contributed by atoms with Crippen LogP contribution in [0.1, 0.15) is 5.56 Å². The third-order valence-electron chi connectivity index (χ3n) is 3.84. The number of phenols is 1. The number of benzene rings is 3. The summed E-state index contributed by atoms with van der Waals surface area (Å²) in [4.78, 5) is 23.9. The number of rotatable bonds is 4. The highest BCUT2D eigenvalue weighted by atomic mass is 16.5. The highest BCUT2D eigenvalue weighted by molar-refractivity contribution is 6.39. The average Bonchev–Trinajstić information content (AvgIpc) is 2.69. The van der Waals surface area contributed by atoms with Crippen LogP contribution in [0, 0.1) is 0 Å². The Balaban J connectivity index is 1.68. The van der Waals surface area contributed by atoms with Crippen LogP contribution in [0.2, 0.25) is 0 Å². The van der Waals surface area contributed by atoms with E-state index in [1.165, 1.54) is 13.3 Å². The van der Waals surface area contributed by atoms with E-state index in [2.05, 4.69) is 15.8 Å². The van der Waals surface area contributed by atoms with Gasteiger partial charge in [0.05, 0.1) is 13.3 Å². The van der Waals surface area contributed by atoms with Crippen molar-refractivity contribution in [2.75, 3.05) is 12.4 Å². The third-order valence-corrected chi connectivity index (χ3v) is 3.84. The molecule has 2 amide bonds. The Labute approximate surface area is 155 Å². The van der Waals surface area contributed by atoms with Crippen molar-refractivity contribution in [2.24, 2.45) is 5.10 Å². The molecule has 7 heteroatoms. The fraction of sp³-hybridized carbons (Fsp3) is 0.0500. The van der Waals surface area contributed by atoms with Crippen molar-refractivity contribution < 1.29 is 19.4 Å². The Bertz CT molecular complexity index is 1030. The first-order chi connectivity index (χ1) is 13.1. The fourth-order valence-electron chi connectivity index (χ4n) is 2.51. The monoisotopic (exact) mass is 363 g/mol.